The Labute approximate surface area is 163 Å². The van der Waals surface area contributed by atoms with E-state index in [0.717, 1.165) is 22.7 Å². The second-order valence-electron chi connectivity index (χ2n) is 5.80. The molecule has 3 aromatic carbocycles. The predicted octanol–water partition coefficient (Wildman–Crippen LogP) is 6.11. The van der Waals surface area contributed by atoms with Crippen molar-refractivity contribution in [3.05, 3.63) is 84.4 Å². The molecule has 3 aromatic rings. The summed E-state index contributed by atoms with van der Waals surface area (Å²) < 4.78 is 0. The van der Waals surface area contributed by atoms with Crippen molar-refractivity contribution in [3.63, 3.8) is 0 Å². The molecule has 0 saturated carbocycles. The van der Waals surface area contributed by atoms with Crippen LogP contribution in [0.5, 0.6) is 0 Å². The maximum atomic E-state index is 11.5. The van der Waals surface area contributed by atoms with Crippen LogP contribution in [0.3, 0.4) is 0 Å². The zero-order chi connectivity index (χ0) is 19.1. The molecule has 0 aliphatic heterocycles. The van der Waals surface area contributed by atoms with Crippen molar-refractivity contribution < 1.29 is 4.79 Å². The van der Waals surface area contributed by atoms with Crippen LogP contribution in [0.1, 0.15) is 17.3 Å². The summed E-state index contributed by atoms with van der Waals surface area (Å²) in [7, 11) is 0. The summed E-state index contributed by atoms with van der Waals surface area (Å²) in [6.45, 7) is 1.53. The van der Waals surface area contributed by atoms with Gasteiger partial charge >= 0.3 is 0 Å². The highest BCUT2D eigenvalue weighted by atomic mass is 32.1. The number of Topliss-reactive ketones (excluding diaryl/α,β-unsaturated/α-hetero) is 1. The number of hydrogen-bond acceptors (Lipinski definition) is 4. The van der Waals surface area contributed by atoms with Gasteiger partial charge in [-0.3, -0.25) is 4.79 Å². The van der Waals surface area contributed by atoms with Gasteiger partial charge in [0.05, 0.1) is 11.4 Å². The molecule has 0 aliphatic carbocycles. The number of benzene rings is 3. The van der Waals surface area contributed by atoms with Crippen molar-refractivity contribution in [1.82, 2.24) is 0 Å². The standard InChI is InChI=1S/C21H18N4OS/c1-15(26)16-6-5-9-20(14-16)23-21(27)22-17-10-12-19(13-11-17)25-24-18-7-3-2-4-8-18/h2-14H,1H3,(H2,22,23,27). The van der Waals surface area contributed by atoms with Crippen LogP contribution >= 0.6 is 12.2 Å². The van der Waals surface area contributed by atoms with E-state index < -0.39 is 0 Å². The molecule has 3 rings (SSSR count). The molecular formula is C21H18N4OS. The Kier molecular flexibility index (Phi) is 6.02. The molecule has 0 saturated heterocycles. The van der Waals surface area contributed by atoms with Crippen molar-refractivity contribution in [2.75, 3.05) is 10.6 Å². The maximum absolute atomic E-state index is 11.5. The lowest BCUT2D eigenvalue weighted by atomic mass is 10.1. The summed E-state index contributed by atoms with van der Waals surface area (Å²) in [5.41, 5.74) is 3.77. The minimum absolute atomic E-state index is 0.0118. The van der Waals surface area contributed by atoms with Gasteiger partial charge in [-0.2, -0.15) is 10.2 Å². The molecular weight excluding hydrogens is 356 g/mol. The van der Waals surface area contributed by atoms with Gasteiger partial charge in [0.25, 0.3) is 0 Å². The average Bonchev–Trinajstić information content (AvgIpc) is 2.68. The molecule has 2 N–H and O–H groups in total. The highest BCUT2D eigenvalue weighted by molar-refractivity contribution is 7.80. The highest BCUT2D eigenvalue weighted by Crippen LogP contribution is 2.20. The van der Waals surface area contributed by atoms with Crippen LogP contribution in [0.15, 0.2) is 89.1 Å². The Hall–Kier alpha value is -3.38. The minimum atomic E-state index is 0.0118. The van der Waals surface area contributed by atoms with Crippen LogP contribution in [0, 0.1) is 0 Å². The van der Waals surface area contributed by atoms with Gasteiger partial charge in [-0.05, 0) is 67.7 Å². The van der Waals surface area contributed by atoms with Gasteiger partial charge in [-0.25, -0.2) is 0 Å². The molecule has 0 heterocycles. The number of hydrogen-bond donors (Lipinski definition) is 2. The Morgan fingerprint density at radius 3 is 2.07 bits per heavy atom. The first-order chi connectivity index (χ1) is 13.1. The van der Waals surface area contributed by atoms with E-state index in [9.17, 15) is 4.79 Å². The molecule has 5 nitrogen and oxygen atoms in total. The summed E-state index contributed by atoms with van der Waals surface area (Å²) in [6.07, 6.45) is 0. The smallest absolute Gasteiger partial charge is 0.175 e. The lowest BCUT2D eigenvalue weighted by Crippen LogP contribution is -2.19. The normalized spacial score (nSPS) is 10.6. The van der Waals surface area contributed by atoms with E-state index in [1.165, 1.54) is 6.92 Å². The first-order valence-electron chi connectivity index (χ1n) is 8.36. The molecule has 27 heavy (non-hydrogen) atoms. The number of nitrogens with zero attached hydrogens (tertiary/aromatic N) is 2. The second-order valence-corrected chi connectivity index (χ2v) is 6.21. The van der Waals surface area contributed by atoms with Crippen LogP contribution < -0.4 is 10.6 Å². The highest BCUT2D eigenvalue weighted by Gasteiger charge is 2.03. The van der Waals surface area contributed by atoms with Gasteiger partial charge in [0, 0.05) is 16.9 Å². The number of ketones is 1. The van der Waals surface area contributed by atoms with Crippen LogP contribution in [0.4, 0.5) is 22.7 Å². The number of anilines is 2. The quantitative estimate of drug-likeness (QED) is 0.321. The number of thiocarbonyl (C=S) groups is 1. The summed E-state index contributed by atoms with van der Waals surface area (Å²) in [4.78, 5) is 11.5. The molecule has 6 heteroatoms. The van der Waals surface area contributed by atoms with Gasteiger partial charge in [0.2, 0.25) is 0 Å². The van der Waals surface area contributed by atoms with Crippen LogP contribution in [-0.4, -0.2) is 10.9 Å². The number of carbonyl (C=O) groups is 1. The summed E-state index contributed by atoms with van der Waals surface area (Å²) in [5.74, 6) is 0.0118. The fraction of sp³-hybridized carbons (Fsp3) is 0.0476. The molecule has 0 aromatic heterocycles. The molecule has 0 atom stereocenters. The van der Waals surface area contributed by atoms with Crippen molar-refractivity contribution in [1.29, 1.82) is 0 Å². The number of carbonyl (C=O) groups excluding carboxylic acids is 1. The molecule has 0 aliphatic rings. The maximum Gasteiger partial charge on any atom is 0.175 e. The first kappa shape index (κ1) is 18.4. The van der Waals surface area contributed by atoms with Gasteiger partial charge in [0.15, 0.2) is 10.9 Å². The minimum Gasteiger partial charge on any atom is -0.332 e. The Balaban J connectivity index is 1.59. The zero-order valence-corrected chi connectivity index (χ0v) is 15.5. The van der Waals surface area contributed by atoms with E-state index >= 15 is 0 Å². The van der Waals surface area contributed by atoms with Crippen LogP contribution in [-0.2, 0) is 0 Å². The molecule has 0 amide bonds. The van der Waals surface area contributed by atoms with Crippen LogP contribution in [0.25, 0.3) is 0 Å². The third kappa shape index (κ3) is 5.55. The van der Waals surface area contributed by atoms with Gasteiger partial charge in [0.1, 0.15) is 0 Å². The lowest BCUT2D eigenvalue weighted by molar-refractivity contribution is 0.101. The van der Waals surface area contributed by atoms with Gasteiger partial charge < -0.3 is 10.6 Å². The molecule has 0 bridgehead atoms. The van der Waals surface area contributed by atoms with E-state index in [1.807, 2.05) is 66.7 Å². The Morgan fingerprint density at radius 1 is 0.778 bits per heavy atom. The number of azo groups is 1. The second kappa shape index (κ2) is 8.82. The SMILES string of the molecule is CC(=O)c1cccc(NC(=S)Nc2ccc(N=Nc3ccccc3)cc2)c1. The Morgan fingerprint density at radius 2 is 1.41 bits per heavy atom. The zero-order valence-electron chi connectivity index (χ0n) is 14.7. The van der Waals surface area contributed by atoms with E-state index in [4.69, 9.17) is 12.2 Å². The Bertz CT molecular complexity index is 969. The third-order valence-electron chi connectivity index (χ3n) is 3.69. The van der Waals surface area contributed by atoms with E-state index in [-0.39, 0.29) is 5.78 Å². The first-order valence-corrected chi connectivity index (χ1v) is 8.77. The predicted molar refractivity (Wildman–Crippen MR) is 113 cm³/mol. The fourth-order valence-electron chi connectivity index (χ4n) is 2.33. The van der Waals surface area contributed by atoms with E-state index in [0.29, 0.717) is 10.7 Å². The largest absolute Gasteiger partial charge is 0.332 e. The molecule has 0 radical (unpaired) electrons. The van der Waals surface area contributed by atoms with Crippen molar-refractivity contribution in [2.24, 2.45) is 10.2 Å². The topological polar surface area (TPSA) is 65.8 Å². The van der Waals surface area contributed by atoms with Crippen LogP contribution in [0.2, 0.25) is 0 Å². The molecule has 0 unspecified atom stereocenters. The molecule has 134 valence electrons. The number of nitrogens with one attached hydrogen (secondary N) is 2. The van der Waals surface area contributed by atoms with Gasteiger partial charge in [-0.1, -0.05) is 30.3 Å². The van der Waals surface area contributed by atoms with E-state index in [1.54, 1.807) is 12.1 Å². The van der Waals surface area contributed by atoms with Crippen molar-refractivity contribution >= 4 is 45.9 Å². The summed E-state index contributed by atoms with van der Waals surface area (Å²) in [6, 6.07) is 24.2. The monoisotopic (exact) mass is 374 g/mol. The van der Waals surface area contributed by atoms with Crippen molar-refractivity contribution in [3.8, 4) is 0 Å². The van der Waals surface area contributed by atoms with Crippen molar-refractivity contribution in [2.45, 2.75) is 6.92 Å². The summed E-state index contributed by atoms with van der Waals surface area (Å²) >= 11 is 5.33. The molecule has 0 fully saturated rings. The lowest BCUT2D eigenvalue weighted by Gasteiger charge is -2.11. The molecule has 0 spiro atoms. The van der Waals surface area contributed by atoms with Gasteiger partial charge in [-0.15, -0.1) is 0 Å². The average molecular weight is 374 g/mol. The fourth-order valence-corrected chi connectivity index (χ4v) is 2.57. The third-order valence-corrected chi connectivity index (χ3v) is 3.89. The summed E-state index contributed by atoms with van der Waals surface area (Å²) in [5, 5.41) is 15.0. The van der Waals surface area contributed by atoms with E-state index in [2.05, 4.69) is 20.9 Å². The number of rotatable bonds is 5.